The van der Waals surface area contributed by atoms with Crippen LogP contribution in [0.2, 0.25) is 0 Å². The number of rotatable bonds is 0. The second kappa shape index (κ2) is 4.63. The zero-order chi connectivity index (χ0) is 10.5. The molecule has 1 rings (SSSR count). The van der Waals surface area contributed by atoms with Gasteiger partial charge in [0.25, 0.3) is 5.82 Å². The molecule has 0 aliphatic rings. The minimum absolute atomic E-state index is 0.674. The molecule has 0 radical (unpaired) electrons. The summed E-state index contributed by atoms with van der Waals surface area (Å²) in [6.07, 6.45) is 1.69. The van der Waals surface area contributed by atoms with Crippen LogP contribution in [0.4, 0.5) is 23.1 Å². The van der Waals surface area contributed by atoms with Gasteiger partial charge in [0.05, 0.1) is 6.20 Å². The highest BCUT2D eigenvalue weighted by Gasteiger charge is 2.20. The fourth-order valence-corrected chi connectivity index (χ4v) is 0.455. The number of nitrogen functional groups attached to an aromatic ring is 1. The lowest BCUT2D eigenvalue weighted by Crippen LogP contribution is -2.35. The molecule has 2 N–H and O–H groups in total. The third kappa shape index (κ3) is 8.57. The highest BCUT2D eigenvalue weighted by molar-refractivity contribution is 6.50. The molecule has 0 unspecified atom stereocenters. The van der Waals surface area contributed by atoms with Crippen molar-refractivity contribution in [2.45, 2.75) is 0 Å². The van der Waals surface area contributed by atoms with Crippen molar-refractivity contribution in [1.82, 2.24) is 5.10 Å². The molecule has 0 aliphatic carbocycles. The Kier molecular flexibility index (Phi) is 4.16. The van der Waals surface area contributed by atoms with E-state index in [2.05, 4.69) is 5.10 Å². The Morgan fingerprint density at radius 2 is 1.85 bits per heavy atom. The van der Waals surface area contributed by atoms with Crippen molar-refractivity contribution in [2.24, 2.45) is 7.05 Å². The molecule has 0 fully saturated rings. The molecule has 0 amide bonds. The standard InChI is InChI=1S/C5H7N3.BF4/c1-8-5(6)3-2-4-7-8;2-1(3,4)5/h2-4,6H,1H3;/q;-1/p+1. The molecule has 8 heteroatoms. The maximum Gasteiger partial charge on any atom is 0.673 e. The van der Waals surface area contributed by atoms with Crippen LogP contribution in [-0.4, -0.2) is 12.4 Å². The molecule has 1 aromatic heterocycles. The number of anilines is 1. The average molecular weight is 197 g/mol. The van der Waals surface area contributed by atoms with Gasteiger partial charge in [-0.15, -0.1) is 4.68 Å². The Balaban J connectivity index is 0.000000252. The predicted molar refractivity (Wildman–Crippen MR) is 40.0 cm³/mol. The van der Waals surface area contributed by atoms with E-state index < -0.39 is 7.25 Å². The summed E-state index contributed by atoms with van der Waals surface area (Å²) in [4.78, 5) is 0. The molecule has 13 heavy (non-hydrogen) atoms. The quantitative estimate of drug-likeness (QED) is 0.379. The van der Waals surface area contributed by atoms with E-state index >= 15 is 0 Å². The van der Waals surface area contributed by atoms with E-state index in [-0.39, 0.29) is 0 Å². The van der Waals surface area contributed by atoms with Gasteiger partial charge in [-0.05, 0) is 6.07 Å². The summed E-state index contributed by atoms with van der Waals surface area (Å²) in [5, 5.41) is 3.87. The Labute approximate surface area is 72.3 Å². The van der Waals surface area contributed by atoms with Gasteiger partial charge < -0.3 is 17.3 Å². The molecule has 3 nitrogen and oxygen atoms in total. The van der Waals surface area contributed by atoms with Gasteiger partial charge in [0.15, 0.2) is 0 Å². The predicted octanol–water partition coefficient (Wildman–Crippen LogP) is 0.788. The molecule has 74 valence electrons. The van der Waals surface area contributed by atoms with Crippen molar-refractivity contribution in [3.8, 4) is 0 Å². The summed E-state index contributed by atoms with van der Waals surface area (Å²) in [6.45, 7) is 0. The van der Waals surface area contributed by atoms with Gasteiger partial charge in [-0.3, -0.25) is 5.73 Å². The maximum absolute atomic E-state index is 9.75. The number of aromatic nitrogens is 2. The lowest BCUT2D eigenvalue weighted by atomic mass is 10.3. The topological polar surface area (TPSA) is 42.8 Å². The van der Waals surface area contributed by atoms with Crippen LogP contribution in [0.15, 0.2) is 18.3 Å². The van der Waals surface area contributed by atoms with Crippen molar-refractivity contribution in [3.05, 3.63) is 18.3 Å². The minimum Gasteiger partial charge on any atom is -0.418 e. The fraction of sp³-hybridized carbons (Fsp3) is 0.200. The van der Waals surface area contributed by atoms with E-state index in [4.69, 9.17) is 5.73 Å². The van der Waals surface area contributed by atoms with Gasteiger partial charge in [-0.25, -0.2) is 0 Å². The monoisotopic (exact) mass is 197 g/mol. The minimum atomic E-state index is -6.00. The van der Waals surface area contributed by atoms with Crippen molar-refractivity contribution >= 4 is 13.1 Å². The summed E-state index contributed by atoms with van der Waals surface area (Å²) in [5.41, 5.74) is 5.42. The molecule has 1 aromatic rings. The van der Waals surface area contributed by atoms with Crippen molar-refractivity contribution in [1.29, 1.82) is 0 Å². The van der Waals surface area contributed by atoms with Crippen LogP contribution in [-0.2, 0) is 7.05 Å². The van der Waals surface area contributed by atoms with E-state index in [1.807, 2.05) is 0 Å². The Bertz CT molecular complexity index is 237. The van der Waals surface area contributed by atoms with Crippen LogP contribution in [0, 0.1) is 0 Å². The molecule has 1 heterocycles. The van der Waals surface area contributed by atoms with Gasteiger partial charge >= 0.3 is 7.25 Å². The third-order valence-corrected chi connectivity index (χ3v) is 0.967. The first-order valence-electron chi connectivity index (χ1n) is 3.25. The van der Waals surface area contributed by atoms with Crippen LogP contribution in [0.5, 0.6) is 0 Å². The van der Waals surface area contributed by atoms with Gasteiger partial charge in [-0.1, -0.05) is 5.10 Å². The molecular weight excluding hydrogens is 189 g/mol. The van der Waals surface area contributed by atoms with E-state index in [1.54, 1.807) is 30.1 Å². The zero-order valence-electron chi connectivity index (χ0n) is 6.79. The largest absolute Gasteiger partial charge is 0.673 e. The first-order valence-corrected chi connectivity index (χ1v) is 3.25. The zero-order valence-corrected chi connectivity index (χ0v) is 6.79. The number of aryl methyl sites for hydroxylation is 1. The smallest absolute Gasteiger partial charge is 0.418 e. The van der Waals surface area contributed by atoms with Gasteiger partial charge in [0, 0.05) is 6.07 Å². The van der Waals surface area contributed by atoms with E-state index in [0.717, 1.165) is 0 Å². The van der Waals surface area contributed by atoms with Crippen LogP contribution in [0.25, 0.3) is 0 Å². The molecule has 0 saturated carbocycles. The summed E-state index contributed by atoms with van der Waals surface area (Å²) in [6, 6.07) is 3.60. The molecule has 0 saturated heterocycles. The Hall–Kier alpha value is -1.34. The first-order chi connectivity index (χ1) is 5.80. The van der Waals surface area contributed by atoms with Gasteiger partial charge in [0.1, 0.15) is 7.05 Å². The molecule has 0 bridgehead atoms. The lowest BCUT2D eigenvalue weighted by Gasteiger charge is -1.94. The van der Waals surface area contributed by atoms with Crippen molar-refractivity contribution in [2.75, 3.05) is 5.73 Å². The summed E-state index contributed by atoms with van der Waals surface area (Å²) in [7, 11) is -4.20. The number of hydrogen-bond donors (Lipinski definition) is 1. The molecule has 0 atom stereocenters. The lowest BCUT2D eigenvalue weighted by molar-refractivity contribution is -0.716. The molecular formula is C5H8BF4N3. The van der Waals surface area contributed by atoms with Gasteiger partial charge in [-0.2, -0.15) is 0 Å². The number of nitrogens with zero attached hydrogens (tertiary/aromatic N) is 2. The number of nitrogens with two attached hydrogens (primary N) is 1. The van der Waals surface area contributed by atoms with E-state index in [9.17, 15) is 17.3 Å². The Morgan fingerprint density at radius 1 is 1.38 bits per heavy atom. The third-order valence-electron chi connectivity index (χ3n) is 0.967. The maximum atomic E-state index is 9.75. The summed E-state index contributed by atoms with van der Waals surface area (Å²) < 4.78 is 40.6. The van der Waals surface area contributed by atoms with Gasteiger partial charge in [0.2, 0.25) is 0 Å². The number of hydrogen-bond acceptors (Lipinski definition) is 2. The normalized spacial score (nSPS) is 10.2. The first kappa shape index (κ1) is 11.7. The van der Waals surface area contributed by atoms with Crippen molar-refractivity contribution < 1.29 is 21.9 Å². The van der Waals surface area contributed by atoms with Crippen LogP contribution < -0.4 is 10.4 Å². The van der Waals surface area contributed by atoms with Crippen LogP contribution in [0.3, 0.4) is 0 Å². The molecule has 0 aliphatic heterocycles. The molecule has 0 aromatic carbocycles. The SMILES string of the molecule is C[n+]1ncccc1N.F[B-](F)(F)F. The molecule has 0 spiro atoms. The fourth-order valence-electron chi connectivity index (χ4n) is 0.455. The Morgan fingerprint density at radius 3 is 2.08 bits per heavy atom. The average Bonchev–Trinajstić information content (AvgIpc) is 1.92. The van der Waals surface area contributed by atoms with E-state index in [0.29, 0.717) is 5.82 Å². The summed E-state index contributed by atoms with van der Waals surface area (Å²) in [5.74, 6) is 0.674. The second-order valence-electron chi connectivity index (χ2n) is 2.07. The van der Waals surface area contributed by atoms with Crippen LogP contribution >= 0.6 is 0 Å². The number of halogens is 4. The van der Waals surface area contributed by atoms with Crippen LogP contribution in [0.1, 0.15) is 0 Å². The summed E-state index contributed by atoms with van der Waals surface area (Å²) >= 11 is 0. The van der Waals surface area contributed by atoms with E-state index in [1.165, 1.54) is 0 Å². The highest BCUT2D eigenvalue weighted by atomic mass is 19.5. The highest BCUT2D eigenvalue weighted by Crippen LogP contribution is 2.06. The second-order valence-corrected chi connectivity index (χ2v) is 2.07. The van der Waals surface area contributed by atoms with Crippen molar-refractivity contribution in [3.63, 3.8) is 0 Å².